The third-order valence-electron chi connectivity index (χ3n) is 3.95. The van der Waals surface area contributed by atoms with Gasteiger partial charge in [0.2, 0.25) is 0 Å². The molecule has 1 aliphatic rings. The second-order valence-electron chi connectivity index (χ2n) is 5.21. The largest absolute Gasteiger partial charge is 0.340 e. The minimum atomic E-state index is 0.116. The second kappa shape index (κ2) is 3.61. The summed E-state index contributed by atoms with van der Waals surface area (Å²) in [5.74, 6) is 0. The van der Waals surface area contributed by atoms with Gasteiger partial charge < -0.3 is 4.57 Å². The fourth-order valence-electron chi connectivity index (χ4n) is 3.19. The minimum Gasteiger partial charge on any atom is -0.340 e. The number of aromatic nitrogens is 1. The summed E-state index contributed by atoms with van der Waals surface area (Å²) in [5.41, 5.74) is 4.58. The fraction of sp³-hybridized carbons (Fsp3) is 0.188. The second-order valence-corrected chi connectivity index (χ2v) is 5.65. The molecule has 0 atom stereocenters. The Kier molecular flexibility index (Phi) is 2.10. The van der Waals surface area contributed by atoms with E-state index in [1.807, 2.05) is 25.1 Å². The molecule has 0 fully saturated rings. The Morgan fingerprint density at radius 2 is 2.00 bits per heavy atom. The van der Waals surface area contributed by atoms with Crippen LogP contribution < -0.4 is 5.43 Å². The van der Waals surface area contributed by atoms with Crippen LogP contribution in [0, 0.1) is 6.92 Å². The maximum atomic E-state index is 12.6. The van der Waals surface area contributed by atoms with E-state index in [2.05, 4.69) is 10.6 Å². The van der Waals surface area contributed by atoms with Gasteiger partial charge in [-0.1, -0.05) is 17.7 Å². The van der Waals surface area contributed by atoms with Gasteiger partial charge >= 0.3 is 0 Å². The number of hydrogen-bond donors (Lipinski definition) is 0. The first-order valence-corrected chi connectivity index (χ1v) is 6.78. The van der Waals surface area contributed by atoms with Gasteiger partial charge in [0.05, 0.1) is 11.0 Å². The average molecular weight is 270 g/mol. The van der Waals surface area contributed by atoms with E-state index >= 15 is 0 Å². The summed E-state index contributed by atoms with van der Waals surface area (Å²) in [5, 5.41) is 2.27. The van der Waals surface area contributed by atoms with Gasteiger partial charge in [0.1, 0.15) is 0 Å². The van der Waals surface area contributed by atoms with Crippen molar-refractivity contribution in [2.24, 2.45) is 0 Å². The van der Waals surface area contributed by atoms with Crippen LogP contribution in [-0.2, 0) is 13.0 Å². The fourth-order valence-corrected chi connectivity index (χ4v) is 3.35. The molecule has 0 saturated carbocycles. The molecule has 2 aromatic carbocycles. The van der Waals surface area contributed by atoms with Crippen molar-refractivity contribution in [1.82, 2.24) is 4.57 Å². The van der Waals surface area contributed by atoms with Crippen LogP contribution in [0.25, 0.3) is 21.8 Å². The normalized spacial score (nSPS) is 13.6. The van der Waals surface area contributed by atoms with E-state index in [0.29, 0.717) is 5.02 Å². The Balaban J connectivity index is 2.36. The zero-order chi connectivity index (χ0) is 13.1. The Bertz CT molecular complexity index is 908. The van der Waals surface area contributed by atoms with E-state index in [1.165, 1.54) is 5.56 Å². The van der Waals surface area contributed by atoms with Crippen molar-refractivity contribution in [1.29, 1.82) is 0 Å². The van der Waals surface area contributed by atoms with Crippen molar-refractivity contribution in [2.45, 2.75) is 19.9 Å². The van der Waals surface area contributed by atoms with Crippen molar-refractivity contribution in [2.75, 3.05) is 0 Å². The minimum absolute atomic E-state index is 0.116. The molecule has 0 N–H and O–H groups in total. The highest BCUT2D eigenvalue weighted by molar-refractivity contribution is 6.31. The highest BCUT2D eigenvalue weighted by Gasteiger charge is 2.19. The molecule has 0 unspecified atom stereocenters. The van der Waals surface area contributed by atoms with Gasteiger partial charge in [-0.3, -0.25) is 4.79 Å². The molecule has 2 nitrogen and oxygen atoms in total. The molecule has 3 heteroatoms. The number of pyridine rings is 1. The van der Waals surface area contributed by atoms with Gasteiger partial charge in [-0.05, 0) is 48.7 Å². The molecule has 0 spiro atoms. The van der Waals surface area contributed by atoms with Crippen molar-refractivity contribution < 1.29 is 0 Å². The molecule has 0 aliphatic carbocycles. The number of fused-ring (bicyclic) bond motifs is 2. The molecule has 94 valence electrons. The SMILES string of the molecule is Cc1cc2c3c(c1)c(=O)c1ccc(Cl)cc1n3CC2. The lowest BCUT2D eigenvalue weighted by atomic mass is 10.0. The molecule has 0 saturated heterocycles. The van der Waals surface area contributed by atoms with Gasteiger partial charge in [-0.2, -0.15) is 0 Å². The lowest BCUT2D eigenvalue weighted by Crippen LogP contribution is -2.09. The lowest BCUT2D eigenvalue weighted by Gasteiger charge is -2.10. The van der Waals surface area contributed by atoms with Crippen LogP contribution in [0.1, 0.15) is 11.1 Å². The number of rotatable bonds is 0. The van der Waals surface area contributed by atoms with Crippen molar-refractivity contribution >= 4 is 33.4 Å². The summed E-state index contributed by atoms with van der Waals surface area (Å²) in [6, 6.07) is 9.70. The first-order chi connectivity index (χ1) is 9.15. The Labute approximate surface area is 115 Å². The van der Waals surface area contributed by atoms with Crippen LogP contribution in [0.2, 0.25) is 5.02 Å². The van der Waals surface area contributed by atoms with Gasteiger partial charge in [0, 0.05) is 22.3 Å². The smallest absolute Gasteiger partial charge is 0.197 e. The van der Waals surface area contributed by atoms with Crippen molar-refractivity contribution in [3.05, 3.63) is 56.7 Å². The van der Waals surface area contributed by atoms with Gasteiger partial charge in [0.15, 0.2) is 5.43 Å². The molecule has 0 radical (unpaired) electrons. The summed E-state index contributed by atoms with van der Waals surface area (Å²) < 4.78 is 2.23. The molecule has 0 bridgehead atoms. The first-order valence-electron chi connectivity index (χ1n) is 6.40. The molecular weight excluding hydrogens is 258 g/mol. The van der Waals surface area contributed by atoms with E-state index in [4.69, 9.17) is 11.6 Å². The van der Waals surface area contributed by atoms with Crippen LogP contribution in [0.5, 0.6) is 0 Å². The molecule has 3 aromatic rings. The first kappa shape index (κ1) is 11.1. The highest BCUT2D eigenvalue weighted by Crippen LogP contribution is 2.30. The van der Waals surface area contributed by atoms with Gasteiger partial charge in [-0.15, -0.1) is 0 Å². The van der Waals surface area contributed by atoms with Crippen LogP contribution >= 0.6 is 11.6 Å². The van der Waals surface area contributed by atoms with E-state index in [1.54, 1.807) is 6.07 Å². The number of benzene rings is 2. The van der Waals surface area contributed by atoms with Crippen LogP contribution in [0.15, 0.2) is 35.1 Å². The van der Waals surface area contributed by atoms with E-state index in [0.717, 1.165) is 40.3 Å². The Hall–Kier alpha value is -1.80. The molecule has 0 amide bonds. The number of hydrogen-bond acceptors (Lipinski definition) is 1. The third kappa shape index (κ3) is 1.41. The molecule has 4 rings (SSSR count). The van der Waals surface area contributed by atoms with E-state index in [9.17, 15) is 4.79 Å². The Morgan fingerprint density at radius 3 is 2.84 bits per heavy atom. The maximum absolute atomic E-state index is 12.6. The molecule has 19 heavy (non-hydrogen) atoms. The summed E-state index contributed by atoms with van der Waals surface area (Å²) >= 11 is 6.08. The van der Waals surface area contributed by atoms with E-state index in [-0.39, 0.29) is 5.43 Å². The van der Waals surface area contributed by atoms with E-state index < -0.39 is 0 Å². The van der Waals surface area contributed by atoms with Crippen LogP contribution in [0.3, 0.4) is 0 Å². The molecular formula is C16H12ClNO. The number of nitrogens with zero attached hydrogens (tertiary/aromatic N) is 1. The molecule has 1 aromatic heterocycles. The Morgan fingerprint density at radius 1 is 1.16 bits per heavy atom. The highest BCUT2D eigenvalue weighted by atomic mass is 35.5. The maximum Gasteiger partial charge on any atom is 0.197 e. The third-order valence-corrected chi connectivity index (χ3v) is 4.18. The summed E-state index contributed by atoms with van der Waals surface area (Å²) in [7, 11) is 0. The summed E-state index contributed by atoms with van der Waals surface area (Å²) in [6.07, 6.45) is 0.989. The average Bonchev–Trinajstić information content (AvgIpc) is 2.79. The summed E-state index contributed by atoms with van der Waals surface area (Å²) in [6.45, 7) is 2.97. The standard InChI is InChI=1S/C16H12ClNO/c1-9-6-10-4-5-18-14-8-11(17)2-3-12(14)16(19)13(7-9)15(10)18/h2-3,6-8H,4-5H2,1H3. The van der Waals surface area contributed by atoms with Crippen molar-refractivity contribution in [3.8, 4) is 0 Å². The summed E-state index contributed by atoms with van der Waals surface area (Å²) in [4.78, 5) is 12.6. The molecule has 2 heterocycles. The lowest BCUT2D eigenvalue weighted by molar-refractivity contribution is 0.793. The number of halogens is 1. The quantitative estimate of drug-likeness (QED) is 0.571. The van der Waals surface area contributed by atoms with Crippen LogP contribution in [0.4, 0.5) is 0 Å². The van der Waals surface area contributed by atoms with Gasteiger partial charge in [0.25, 0.3) is 0 Å². The predicted octanol–water partition coefficient (Wildman–Crippen LogP) is 3.67. The number of aryl methyl sites for hydroxylation is 3. The predicted molar refractivity (Wildman–Crippen MR) is 79.2 cm³/mol. The monoisotopic (exact) mass is 269 g/mol. The van der Waals surface area contributed by atoms with Crippen molar-refractivity contribution in [3.63, 3.8) is 0 Å². The zero-order valence-electron chi connectivity index (χ0n) is 10.5. The van der Waals surface area contributed by atoms with Crippen LogP contribution in [-0.4, -0.2) is 4.57 Å². The van der Waals surface area contributed by atoms with Gasteiger partial charge in [-0.25, -0.2) is 0 Å². The molecule has 1 aliphatic heterocycles. The zero-order valence-corrected chi connectivity index (χ0v) is 11.3. The topological polar surface area (TPSA) is 22.0 Å².